The first-order valence-electron chi connectivity index (χ1n) is 6.56. The number of anilines is 1. The van der Waals surface area contributed by atoms with Gasteiger partial charge in [0.2, 0.25) is 0 Å². The van der Waals surface area contributed by atoms with Crippen LogP contribution in [0.25, 0.3) is 11.1 Å². The molecule has 0 fully saturated rings. The molecule has 2 aromatic heterocycles. The van der Waals surface area contributed by atoms with Crippen LogP contribution in [0.3, 0.4) is 0 Å². The van der Waals surface area contributed by atoms with Crippen molar-refractivity contribution in [1.29, 1.82) is 0 Å². The third-order valence-corrected chi connectivity index (χ3v) is 3.17. The lowest BCUT2D eigenvalue weighted by atomic mass is 10.1. The molecule has 0 amide bonds. The Morgan fingerprint density at radius 1 is 1.00 bits per heavy atom. The van der Waals surface area contributed by atoms with E-state index in [1.807, 2.05) is 48.4 Å². The van der Waals surface area contributed by atoms with Crippen molar-refractivity contribution in [2.24, 2.45) is 0 Å². The topological polar surface area (TPSA) is 42.7 Å². The first-order chi connectivity index (χ1) is 9.85. The molecule has 4 nitrogen and oxygen atoms in total. The van der Waals surface area contributed by atoms with Crippen molar-refractivity contribution in [2.75, 3.05) is 12.4 Å². The standard InChI is InChI=1S/C16H16N4/c1-17-16-8-7-13(9-18-16)11-20-12-15(10-19-20)14-5-3-2-4-6-14/h2-10,12H,11H2,1H3,(H,17,18). The Balaban J connectivity index is 1.77. The fourth-order valence-corrected chi connectivity index (χ4v) is 2.08. The highest BCUT2D eigenvalue weighted by Crippen LogP contribution is 2.18. The van der Waals surface area contributed by atoms with Gasteiger partial charge in [-0.15, -0.1) is 0 Å². The Bertz CT molecular complexity index is 671. The van der Waals surface area contributed by atoms with Crippen LogP contribution in [-0.4, -0.2) is 21.8 Å². The van der Waals surface area contributed by atoms with Crippen LogP contribution >= 0.6 is 0 Å². The SMILES string of the molecule is CNc1ccc(Cn2cc(-c3ccccc3)cn2)cn1. The minimum atomic E-state index is 0.726. The molecule has 2 heterocycles. The van der Waals surface area contributed by atoms with Crippen LogP contribution < -0.4 is 5.32 Å². The van der Waals surface area contributed by atoms with E-state index >= 15 is 0 Å². The van der Waals surface area contributed by atoms with Gasteiger partial charge < -0.3 is 5.32 Å². The summed E-state index contributed by atoms with van der Waals surface area (Å²) in [6.07, 6.45) is 5.82. The Morgan fingerprint density at radius 3 is 2.55 bits per heavy atom. The molecule has 3 rings (SSSR count). The van der Waals surface area contributed by atoms with Gasteiger partial charge >= 0.3 is 0 Å². The number of rotatable bonds is 4. The molecule has 0 unspecified atom stereocenters. The summed E-state index contributed by atoms with van der Waals surface area (Å²) in [6, 6.07) is 14.3. The molecule has 20 heavy (non-hydrogen) atoms. The number of pyridine rings is 1. The second-order valence-electron chi connectivity index (χ2n) is 4.59. The molecule has 1 N–H and O–H groups in total. The summed E-state index contributed by atoms with van der Waals surface area (Å²) in [5, 5.41) is 7.41. The van der Waals surface area contributed by atoms with Crippen LogP contribution in [0.4, 0.5) is 5.82 Å². The zero-order valence-electron chi connectivity index (χ0n) is 11.3. The van der Waals surface area contributed by atoms with Crippen molar-refractivity contribution in [1.82, 2.24) is 14.8 Å². The molecule has 100 valence electrons. The number of aromatic nitrogens is 3. The van der Waals surface area contributed by atoms with Gasteiger partial charge in [0.25, 0.3) is 0 Å². The Labute approximate surface area is 118 Å². The van der Waals surface area contributed by atoms with Gasteiger partial charge in [-0.3, -0.25) is 4.68 Å². The van der Waals surface area contributed by atoms with E-state index in [2.05, 4.69) is 39.8 Å². The summed E-state index contributed by atoms with van der Waals surface area (Å²) in [6.45, 7) is 0.726. The van der Waals surface area contributed by atoms with Crippen molar-refractivity contribution < 1.29 is 0 Å². The Hall–Kier alpha value is -2.62. The van der Waals surface area contributed by atoms with Gasteiger partial charge in [-0.2, -0.15) is 5.10 Å². The smallest absolute Gasteiger partial charge is 0.125 e. The van der Waals surface area contributed by atoms with E-state index in [1.54, 1.807) is 0 Å². The molecule has 0 saturated carbocycles. The third kappa shape index (κ3) is 2.69. The zero-order valence-corrected chi connectivity index (χ0v) is 11.3. The molecule has 0 spiro atoms. The van der Waals surface area contributed by atoms with Crippen LogP contribution in [0.2, 0.25) is 0 Å². The Morgan fingerprint density at radius 2 is 1.85 bits per heavy atom. The molecule has 0 saturated heterocycles. The molecule has 0 aliphatic rings. The molecule has 0 atom stereocenters. The first-order valence-corrected chi connectivity index (χ1v) is 6.56. The largest absolute Gasteiger partial charge is 0.373 e. The normalized spacial score (nSPS) is 10.4. The van der Waals surface area contributed by atoms with Gasteiger partial charge in [0.15, 0.2) is 0 Å². The average Bonchev–Trinajstić information content (AvgIpc) is 2.97. The quantitative estimate of drug-likeness (QED) is 0.787. The van der Waals surface area contributed by atoms with Gasteiger partial charge in [0.05, 0.1) is 12.7 Å². The maximum absolute atomic E-state index is 4.40. The van der Waals surface area contributed by atoms with Gasteiger partial charge in [0, 0.05) is 25.0 Å². The number of hydrogen-bond acceptors (Lipinski definition) is 3. The molecule has 3 aromatic rings. The molecule has 0 aliphatic heterocycles. The van der Waals surface area contributed by atoms with Gasteiger partial charge in [-0.25, -0.2) is 4.98 Å². The lowest BCUT2D eigenvalue weighted by molar-refractivity contribution is 0.685. The first kappa shape index (κ1) is 12.4. The summed E-state index contributed by atoms with van der Waals surface area (Å²) in [5.41, 5.74) is 3.44. The van der Waals surface area contributed by atoms with Crippen LogP contribution in [0.1, 0.15) is 5.56 Å². The molecular weight excluding hydrogens is 248 g/mol. The van der Waals surface area contributed by atoms with Gasteiger partial charge in [-0.1, -0.05) is 36.4 Å². The minimum Gasteiger partial charge on any atom is -0.373 e. The zero-order chi connectivity index (χ0) is 13.8. The highest BCUT2D eigenvalue weighted by Gasteiger charge is 2.02. The van der Waals surface area contributed by atoms with E-state index in [-0.39, 0.29) is 0 Å². The molecule has 0 bridgehead atoms. The fourth-order valence-electron chi connectivity index (χ4n) is 2.08. The van der Waals surface area contributed by atoms with Crippen molar-refractivity contribution >= 4 is 5.82 Å². The molecule has 0 aliphatic carbocycles. The third-order valence-electron chi connectivity index (χ3n) is 3.17. The fraction of sp³-hybridized carbons (Fsp3) is 0.125. The maximum atomic E-state index is 4.40. The number of nitrogens with zero attached hydrogens (tertiary/aromatic N) is 3. The average molecular weight is 264 g/mol. The molecule has 0 radical (unpaired) electrons. The summed E-state index contributed by atoms with van der Waals surface area (Å²) < 4.78 is 1.93. The lowest BCUT2D eigenvalue weighted by Crippen LogP contribution is -2.01. The Kier molecular flexibility index (Phi) is 3.46. The molecule has 1 aromatic carbocycles. The van der Waals surface area contributed by atoms with E-state index in [0.29, 0.717) is 0 Å². The highest BCUT2D eigenvalue weighted by molar-refractivity contribution is 5.61. The highest BCUT2D eigenvalue weighted by atomic mass is 15.3. The summed E-state index contributed by atoms with van der Waals surface area (Å²) >= 11 is 0. The van der Waals surface area contributed by atoms with E-state index in [4.69, 9.17) is 0 Å². The van der Waals surface area contributed by atoms with E-state index in [1.165, 1.54) is 5.56 Å². The van der Waals surface area contributed by atoms with Crippen molar-refractivity contribution in [3.8, 4) is 11.1 Å². The summed E-state index contributed by atoms with van der Waals surface area (Å²) in [7, 11) is 1.86. The van der Waals surface area contributed by atoms with Crippen LogP contribution in [0.5, 0.6) is 0 Å². The number of benzene rings is 1. The van der Waals surface area contributed by atoms with Crippen LogP contribution in [-0.2, 0) is 6.54 Å². The maximum Gasteiger partial charge on any atom is 0.125 e. The monoisotopic (exact) mass is 264 g/mol. The van der Waals surface area contributed by atoms with Crippen LogP contribution in [0, 0.1) is 0 Å². The second kappa shape index (κ2) is 5.57. The lowest BCUT2D eigenvalue weighted by Gasteiger charge is -2.03. The van der Waals surface area contributed by atoms with E-state index < -0.39 is 0 Å². The van der Waals surface area contributed by atoms with E-state index in [9.17, 15) is 0 Å². The summed E-state index contributed by atoms with van der Waals surface area (Å²) in [4.78, 5) is 4.31. The van der Waals surface area contributed by atoms with Crippen molar-refractivity contribution in [3.63, 3.8) is 0 Å². The predicted molar refractivity (Wildman–Crippen MR) is 80.5 cm³/mol. The summed E-state index contributed by atoms with van der Waals surface area (Å²) in [5.74, 6) is 0.874. The van der Waals surface area contributed by atoms with Crippen LogP contribution in [0.15, 0.2) is 61.1 Å². The number of hydrogen-bond donors (Lipinski definition) is 1. The van der Waals surface area contributed by atoms with Crippen molar-refractivity contribution in [2.45, 2.75) is 6.54 Å². The van der Waals surface area contributed by atoms with E-state index in [0.717, 1.165) is 23.5 Å². The predicted octanol–water partition coefficient (Wildman–Crippen LogP) is 3.04. The van der Waals surface area contributed by atoms with Crippen molar-refractivity contribution in [3.05, 3.63) is 66.6 Å². The minimum absolute atomic E-state index is 0.726. The van der Waals surface area contributed by atoms with Gasteiger partial charge in [-0.05, 0) is 17.2 Å². The van der Waals surface area contributed by atoms with Gasteiger partial charge in [0.1, 0.15) is 5.82 Å². The molecular formula is C16H16N4. The molecule has 4 heteroatoms. The second-order valence-corrected chi connectivity index (χ2v) is 4.59. The number of nitrogens with one attached hydrogen (secondary N) is 1.